The summed E-state index contributed by atoms with van der Waals surface area (Å²) in [6.07, 6.45) is 5.26. The van der Waals surface area contributed by atoms with Crippen LogP contribution in [0.4, 0.5) is 0 Å². The number of nitrogens with one attached hydrogen (secondary N) is 1. The number of rotatable bonds is 6. The molecular formula is C17H26N2O. The van der Waals surface area contributed by atoms with Gasteiger partial charge in [-0.05, 0) is 38.9 Å². The van der Waals surface area contributed by atoms with Gasteiger partial charge in [0.25, 0.3) is 0 Å². The number of likely N-dealkylation sites (N-methyl/N-ethyl adjacent to an activating group) is 1. The standard InChI is InChI=1S/C17H26N2O/c1-3-4-11-19(13-9-10-13)15-12-20-16-8-6-5-7-14(16)17(15)18-2/h5-8,13,15,17-18H,3-4,9-12H2,1-2H3. The first kappa shape index (κ1) is 13.9. The Morgan fingerprint density at radius 3 is 2.80 bits per heavy atom. The Hall–Kier alpha value is -1.06. The van der Waals surface area contributed by atoms with Crippen LogP contribution < -0.4 is 10.1 Å². The van der Waals surface area contributed by atoms with E-state index in [9.17, 15) is 0 Å². The smallest absolute Gasteiger partial charge is 0.124 e. The number of hydrogen-bond donors (Lipinski definition) is 1. The molecule has 0 aromatic heterocycles. The van der Waals surface area contributed by atoms with Crippen molar-refractivity contribution >= 4 is 0 Å². The summed E-state index contributed by atoms with van der Waals surface area (Å²) >= 11 is 0. The Balaban J connectivity index is 1.81. The molecule has 1 aliphatic carbocycles. The molecule has 3 nitrogen and oxygen atoms in total. The van der Waals surface area contributed by atoms with Crippen molar-refractivity contribution in [3.8, 4) is 5.75 Å². The Labute approximate surface area is 122 Å². The lowest BCUT2D eigenvalue weighted by Crippen LogP contribution is -2.50. The Morgan fingerprint density at radius 2 is 2.10 bits per heavy atom. The van der Waals surface area contributed by atoms with Crippen LogP contribution in [-0.4, -0.2) is 37.2 Å². The van der Waals surface area contributed by atoms with Crippen LogP contribution in [0.3, 0.4) is 0 Å². The van der Waals surface area contributed by atoms with Gasteiger partial charge in [0.15, 0.2) is 0 Å². The van der Waals surface area contributed by atoms with Crippen LogP contribution in [0.25, 0.3) is 0 Å². The van der Waals surface area contributed by atoms with E-state index in [0.717, 1.165) is 18.4 Å². The molecular weight excluding hydrogens is 248 g/mol. The quantitative estimate of drug-likeness (QED) is 0.863. The van der Waals surface area contributed by atoms with Gasteiger partial charge >= 0.3 is 0 Å². The van der Waals surface area contributed by atoms with Crippen molar-refractivity contribution in [2.24, 2.45) is 0 Å². The number of benzene rings is 1. The lowest BCUT2D eigenvalue weighted by Gasteiger charge is -2.41. The highest BCUT2D eigenvalue weighted by molar-refractivity contribution is 5.38. The van der Waals surface area contributed by atoms with E-state index in [4.69, 9.17) is 4.74 Å². The van der Waals surface area contributed by atoms with Gasteiger partial charge in [-0.15, -0.1) is 0 Å². The lowest BCUT2D eigenvalue weighted by atomic mass is 9.94. The summed E-state index contributed by atoms with van der Waals surface area (Å²) in [5.74, 6) is 1.05. The Morgan fingerprint density at radius 1 is 1.30 bits per heavy atom. The molecule has 0 bridgehead atoms. The highest BCUT2D eigenvalue weighted by Gasteiger charge is 2.40. The van der Waals surface area contributed by atoms with Crippen molar-refractivity contribution in [2.75, 3.05) is 20.2 Å². The van der Waals surface area contributed by atoms with Gasteiger partial charge in [0, 0.05) is 11.6 Å². The summed E-state index contributed by atoms with van der Waals surface area (Å²) in [5, 5.41) is 3.53. The monoisotopic (exact) mass is 274 g/mol. The van der Waals surface area contributed by atoms with Gasteiger partial charge in [0.1, 0.15) is 12.4 Å². The maximum atomic E-state index is 6.03. The molecule has 1 aromatic carbocycles. The van der Waals surface area contributed by atoms with E-state index in [-0.39, 0.29) is 0 Å². The molecule has 0 saturated heterocycles. The minimum absolute atomic E-state index is 0.386. The molecule has 3 heteroatoms. The normalized spacial score (nSPS) is 25.4. The fourth-order valence-electron chi connectivity index (χ4n) is 3.35. The van der Waals surface area contributed by atoms with E-state index in [2.05, 4.69) is 48.5 Å². The van der Waals surface area contributed by atoms with Crippen LogP contribution in [0.15, 0.2) is 24.3 Å². The Bertz CT molecular complexity index is 444. The summed E-state index contributed by atoms with van der Waals surface area (Å²) in [6, 6.07) is 10.1. The molecule has 0 radical (unpaired) electrons. The zero-order valence-electron chi connectivity index (χ0n) is 12.6. The number of ether oxygens (including phenoxy) is 1. The first-order valence-corrected chi connectivity index (χ1v) is 8.00. The average molecular weight is 274 g/mol. The molecule has 1 aliphatic heterocycles. The predicted octanol–water partition coefficient (Wildman–Crippen LogP) is 2.97. The lowest BCUT2D eigenvalue weighted by molar-refractivity contribution is 0.0803. The van der Waals surface area contributed by atoms with Crippen molar-refractivity contribution in [2.45, 2.75) is 50.7 Å². The van der Waals surface area contributed by atoms with Crippen molar-refractivity contribution in [1.29, 1.82) is 0 Å². The van der Waals surface area contributed by atoms with Gasteiger partial charge in [-0.2, -0.15) is 0 Å². The van der Waals surface area contributed by atoms with E-state index < -0.39 is 0 Å². The first-order valence-electron chi connectivity index (χ1n) is 8.00. The summed E-state index contributed by atoms with van der Waals surface area (Å²) in [4.78, 5) is 2.70. The Kier molecular flexibility index (Phi) is 4.27. The fraction of sp³-hybridized carbons (Fsp3) is 0.647. The maximum Gasteiger partial charge on any atom is 0.124 e. The molecule has 0 amide bonds. The van der Waals surface area contributed by atoms with Gasteiger partial charge in [0.05, 0.1) is 12.1 Å². The molecule has 1 N–H and O–H groups in total. The zero-order chi connectivity index (χ0) is 13.9. The van der Waals surface area contributed by atoms with Gasteiger partial charge in [-0.3, -0.25) is 4.90 Å². The van der Waals surface area contributed by atoms with Gasteiger partial charge in [0.2, 0.25) is 0 Å². The topological polar surface area (TPSA) is 24.5 Å². The van der Waals surface area contributed by atoms with Crippen LogP contribution in [0.5, 0.6) is 5.75 Å². The van der Waals surface area contributed by atoms with E-state index in [1.54, 1.807) is 0 Å². The van der Waals surface area contributed by atoms with Crippen LogP contribution in [0, 0.1) is 0 Å². The molecule has 1 heterocycles. The molecule has 2 unspecified atom stereocenters. The van der Waals surface area contributed by atoms with Crippen molar-refractivity contribution < 1.29 is 4.74 Å². The summed E-state index contributed by atoms with van der Waals surface area (Å²) in [6.45, 7) is 4.28. The van der Waals surface area contributed by atoms with Crippen LogP contribution >= 0.6 is 0 Å². The number of fused-ring (bicyclic) bond motifs is 1. The van der Waals surface area contributed by atoms with E-state index in [0.29, 0.717) is 12.1 Å². The second-order valence-corrected chi connectivity index (χ2v) is 6.01. The molecule has 1 saturated carbocycles. The largest absolute Gasteiger partial charge is 0.492 e. The zero-order valence-corrected chi connectivity index (χ0v) is 12.6. The highest BCUT2D eigenvalue weighted by Crippen LogP contribution is 2.38. The molecule has 110 valence electrons. The second-order valence-electron chi connectivity index (χ2n) is 6.01. The number of nitrogens with zero attached hydrogens (tertiary/aromatic N) is 1. The minimum atomic E-state index is 0.386. The van der Waals surface area contributed by atoms with E-state index >= 15 is 0 Å². The summed E-state index contributed by atoms with van der Waals surface area (Å²) < 4.78 is 6.03. The average Bonchev–Trinajstić information content (AvgIpc) is 3.32. The molecule has 1 aromatic rings. The van der Waals surface area contributed by atoms with Crippen LogP contribution in [0.2, 0.25) is 0 Å². The molecule has 0 spiro atoms. The van der Waals surface area contributed by atoms with E-state index in [1.165, 1.54) is 37.8 Å². The fourth-order valence-corrected chi connectivity index (χ4v) is 3.35. The third-order valence-electron chi connectivity index (χ3n) is 4.57. The van der Waals surface area contributed by atoms with Gasteiger partial charge < -0.3 is 10.1 Å². The molecule has 2 atom stereocenters. The SMILES string of the molecule is CCCCN(C1CC1)C1COc2ccccc2C1NC. The number of hydrogen-bond acceptors (Lipinski definition) is 3. The maximum absolute atomic E-state index is 6.03. The summed E-state index contributed by atoms with van der Waals surface area (Å²) in [7, 11) is 2.07. The van der Waals surface area contributed by atoms with Crippen LogP contribution in [-0.2, 0) is 0 Å². The molecule has 3 rings (SSSR count). The molecule has 1 fully saturated rings. The number of para-hydroxylation sites is 1. The predicted molar refractivity (Wildman–Crippen MR) is 82.2 cm³/mol. The minimum Gasteiger partial charge on any atom is -0.492 e. The van der Waals surface area contributed by atoms with Gasteiger partial charge in [-0.25, -0.2) is 0 Å². The summed E-state index contributed by atoms with van der Waals surface area (Å²) in [5.41, 5.74) is 1.31. The first-order chi connectivity index (χ1) is 9.85. The van der Waals surface area contributed by atoms with Gasteiger partial charge in [-0.1, -0.05) is 31.5 Å². The third kappa shape index (κ3) is 2.70. The molecule has 2 aliphatic rings. The van der Waals surface area contributed by atoms with E-state index in [1.807, 2.05) is 0 Å². The third-order valence-corrected chi connectivity index (χ3v) is 4.57. The van der Waals surface area contributed by atoms with Crippen molar-refractivity contribution in [3.63, 3.8) is 0 Å². The van der Waals surface area contributed by atoms with Crippen molar-refractivity contribution in [3.05, 3.63) is 29.8 Å². The van der Waals surface area contributed by atoms with Crippen LogP contribution in [0.1, 0.15) is 44.2 Å². The number of unbranched alkanes of at least 4 members (excludes halogenated alkanes) is 1. The van der Waals surface area contributed by atoms with Crippen molar-refractivity contribution in [1.82, 2.24) is 10.2 Å². The molecule has 20 heavy (non-hydrogen) atoms. The highest BCUT2D eigenvalue weighted by atomic mass is 16.5. The second kappa shape index (κ2) is 6.15.